The van der Waals surface area contributed by atoms with Gasteiger partial charge in [0.15, 0.2) is 0 Å². The fraction of sp³-hybridized carbons (Fsp3) is 0.643. The summed E-state index contributed by atoms with van der Waals surface area (Å²) in [5, 5.41) is 3.57. The molecule has 3 rings (SSSR count). The molecular formula is C14H21N3. The maximum atomic E-state index is 4.09. The van der Waals surface area contributed by atoms with Crippen LogP contribution in [0.25, 0.3) is 0 Å². The number of rotatable bonds is 1. The lowest BCUT2D eigenvalue weighted by Gasteiger charge is -2.45. The number of hydrogen-bond donors (Lipinski definition) is 1. The molecule has 0 amide bonds. The first-order valence-corrected chi connectivity index (χ1v) is 6.74. The average Bonchev–Trinajstić information content (AvgIpc) is 2.42. The van der Waals surface area contributed by atoms with Crippen LogP contribution in [-0.4, -0.2) is 31.2 Å². The quantitative estimate of drug-likeness (QED) is 0.802. The van der Waals surface area contributed by atoms with Crippen molar-refractivity contribution in [1.82, 2.24) is 10.3 Å². The van der Waals surface area contributed by atoms with Gasteiger partial charge in [0.05, 0.1) is 0 Å². The Labute approximate surface area is 103 Å². The van der Waals surface area contributed by atoms with Gasteiger partial charge >= 0.3 is 0 Å². The van der Waals surface area contributed by atoms with E-state index in [0.717, 1.165) is 0 Å². The van der Waals surface area contributed by atoms with E-state index in [4.69, 9.17) is 0 Å². The van der Waals surface area contributed by atoms with Crippen LogP contribution in [0, 0.1) is 5.41 Å². The molecule has 1 aromatic rings. The minimum absolute atomic E-state index is 0.599. The number of pyridine rings is 1. The van der Waals surface area contributed by atoms with Gasteiger partial charge in [-0.25, -0.2) is 0 Å². The molecule has 3 nitrogen and oxygen atoms in total. The molecule has 17 heavy (non-hydrogen) atoms. The molecule has 0 saturated carbocycles. The largest absolute Gasteiger partial charge is 0.371 e. The summed E-state index contributed by atoms with van der Waals surface area (Å²) in [5.41, 5.74) is 1.93. The Morgan fingerprint density at radius 2 is 1.88 bits per heavy atom. The highest BCUT2D eigenvalue weighted by atomic mass is 15.1. The Kier molecular flexibility index (Phi) is 3.02. The topological polar surface area (TPSA) is 28.2 Å². The molecule has 3 heteroatoms. The first kappa shape index (κ1) is 11.0. The van der Waals surface area contributed by atoms with Crippen molar-refractivity contribution in [2.75, 3.05) is 31.1 Å². The summed E-state index contributed by atoms with van der Waals surface area (Å²) in [7, 11) is 0. The molecule has 3 heterocycles. The van der Waals surface area contributed by atoms with Crippen LogP contribution in [0.3, 0.4) is 0 Å². The molecule has 0 unspecified atom stereocenters. The number of aromatic nitrogens is 1. The molecule has 0 aliphatic carbocycles. The van der Waals surface area contributed by atoms with Crippen LogP contribution < -0.4 is 10.2 Å². The summed E-state index contributed by atoms with van der Waals surface area (Å²) in [6, 6.07) is 4.24. The van der Waals surface area contributed by atoms with E-state index >= 15 is 0 Å². The minimum Gasteiger partial charge on any atom is -0.371 e. The molecule has 92 valence electrons. The van der Waals surface area contributed by atoms with Gasteiger partial charge < -0.3 is 10.2 Å². The van der Waals surface area contributed by atoms with Gasteiger partial charge in [0.25, 0.3) is 0 Å². The standard InChI is InChI=1S/C14H21N3/c1-4-14(12-16-7-1)5-10-17(11-6-14)13-2-8-15-9-3-13/h2-3,8-9,16H,1,4-7,10-12H2. The normalized spacial score (nSPS) is 23.9. The van der Waals surface area contributed by atoms with E-state index in [1.807, 2.05) is 12.4 Å². The average molecular weight is 231 g/mol. The van der Waals surface area contributed by atoms with Crippen molar-refractivity contribution < 1.29 is 0 Å². The van der Waals surface area contributed by atoms with Gasteiger partial charge in [-0.1, -0.05) is 0 Å². The molecule has 1 aromatic heterocycles. The van der Waals surface area contributed by atoms with Gasteiger partial charge in [0.2, 0.25) is 0 Å². The zero-order valence-corrected chi connectivity index (χ0v) is 10.4. The minimum atomic E-state index is 0.599. The molecule has 2 fully saturated rings. The lowest BCUT2D eigenvalue weighted by Crippen LogP contribution is -2.48. The smallest absolute Gasteiger partial charge is 0.0397 e. The first-order chi connectivity index (χ1) is 8.38. The Morgan fingerprint density at radius 1 is 1.12 bits per heavy atom. The van der Waals surface area contributed by atoms with E-state index in [1.165, 1.54) is 57.5 Å². The fourth-order valence-corrected chi connectivity index (χ4v) is 3.25. The molecule has 0 radical (unpaired) electrons. The molecule has 2 aliphatic heterocycles. The number of piperidine rings is 2. The van der Waals surface area contributed by atoms with Crippen LogP contribution >= 0.6 is 0 Å². The third-order valence-electron chi connectivity index (χ3n) is 4.41. The monoisotopic (exact) mass is 231 g/mol. The number of hydrogen-bond acceptors (Lipinski definition) is 3. The summed E-state index contributed by atoms with van der Waals surface area (Å²) < 4.78 is 0. The Balaban J connectivity index is 1.64. The molecule has 2 aliphatic rings. The van der Waals surface area contributed by atoms with Gasteiger partial charge in [-0.05, 0) is 49.8 Å². The van der Waals surface area contributed by atoms with Crippen LogP contribution in [-0.2, 0) is 0 Å². The van der Waals surface area contributed by atoms with E-state index in [9.17, 15) is 0 Å². The maximum absolute atomic E-state index is 4.09. The van der Waals surface area contributed by atoms with Crippen LogP contribution in [0.15, 0.2) is 24.5 Å². The first-order valence-electron chi connectivity index (χ1n) is 6.74. The van der Waals surface area contributed by atoms with Crippen molar-refractivity contribution in [3.63, 3.8) is 0 Å². The van der Waals surface area contributed by atoms with Crippen molar-refractivity contribution in [2.45, 2.75) is 25.7 Å². The van der Waals surface area contributed by atoms with Crippen molar-refractivity contribution >= 4 is 5.69 Å². The molecular weight excluding hydrogens is 210 g/mol. The van der Waals surface area contributed by atoms with E-state index in [-0.39, 0.29) is 0 Å². The summed E-state index contributed by atoms with van der Waals surface area (Å²) in [5.74, 6) is 0. The zero-order chi connectivity index (χ0) is 11.6. The van der Waals surface area contributed by atoms with Gasteiger partial charge in [-0.15, -0.1) is 0 Å². The molecule has 0 atom stereocenters. The lowest BCUT2D eigenvalue weighted by atomic mass is 9.73. The zero-order valence-electron chi connectivity index (χ0n) is 10.4. The van der Waals surface area contributed by atoms with E-state index in [1.54, 1.807) is 0 Å². The second-order valence-corrected chi connectivity index (χ2v) is 5.47. The molecule has 0 bridgehead atoms. The van der Waals surface area contributed by atoms with Crippen LogP contribution in [0.5, 0.6) is 0 Å². The third kappa shape index (κ3) is 2.29. The number of nitrogens with zero attached hydrogens (tertiary/aromatic N) is 2. The number of nitrogens with one attached hydrogen (secondary N) is 1. The van der Waals surface area contributed by atoms with Crippen LogP contribution in [0.2, 0.25) is 0 Å². The van der Waals surface area contributed by atoms with Crippen LogP contribution in [0.1, 0.15) is 25.7 Å². The second kappa shape index (κ2) is 4.65. The highest BCUT2D eigenvalue weighted by molar-refractivity contribution is 5.45. The SMILES string of the molecule is c1cc(N2CCC3(CCCNC3)CC2)ccn1. The number of anilines is 1. The maximum Gasteiger partial charge on any atom is 0.0397 e. The molecule has 1 spiro atoms. The van der Waals surface area contributed by atoms with Gasteiger partial charge in [0.1, 0.15) is 0 Å². The van der Waals surface area contributed by atoms with Crippen molar-refractivity contribution in [3.8, 4) is 0 Å². The highest BCUT2D eigenvalue weighted by Gasteiger charge is 2.35. The van der Waals surface area contributed by atoms with Crippen molar-refractivity contribution in [3.05, 3.63) is 24.5 Å². The van der Waals surface area contributed by atoms with Gasteiger partial charge in [-0.3, -0.25) is 4.98 Å². The molecule has 2 saturated heterocycles. The summed E-state index contributed by atoms with van der Waals surface area (Å²) in [6.07, 6.45) is 9.23. The van der Waals surface area contributed by atoms with Gasteiger partial charge in [-0.2, -0.15) is 0 Å². The fourth-order valence-electron chi connectivity index (χ4n) is 3.25. The Morgan fingerprint density at radius 3 is 2.53 bits per heavy atom. The predicted molar refractivity (Wildman–Crippen MR) is 70.2 cm³/mol. The van der Waals surface area contributed by atoms with E-state index in [2.05, 4.69) is 27.3 Å². The second-order valence-electron chi connectivity index (χ2n) is 5.47. The highest BCUT2D eigenvalue weighted by Crippen LogP contribution is 2.38. The predicted octanol–water partition coefficient (Wildman–Crippen LogP) is 2.05. The summed E-state index contributed by atoms with van der Waals surface area (Å²) in [4.78, 5) is 6.59. The van der Waals surface area contributed by atoms with E-state index in [0.29, 0.717) is 5.41 Å². The Bertz CT molecular complexity index is 347. The summed E-state index contributed by atoms with van der Waals surface area (Å²) in [6.45, 7) is 4.85. The van der Waals surface area contributed by atoms with E-state index < -0.39 is 0 Å². The van der Waals surface area contributed by atoms with Crippen molar-refractivity contribution in [2.24, 2.45) is 5.41 Å². The Hall–Kier alpha value is -1.09. The van der Waals surface area contributed by atoms with Crippen LogP contribution in [0.4, 0.5) is 5.69 Å². The van der Waals surface area contributed by atoms with Gasteiger partial charge in [0, 0.05) is 37.7 Å². The third-order valence-corrected chi connectivity index (χ3v) is 4.41. The molecule has 1 N–H and O–H groups in total. The summed E-state index contributed by atoms with van der Waals surface area (Å²) >= 11 is 0. The van der Waals surface area contributed by atoms with Crippen molar-refractivity contribution in [1.29, 1.82) is 0 Å². The molecule has 0 aromatic carbocycles. The lowest BCUT2D eigenvalue weighted by molar-refractivity contribution is 0.161.